The number of piperazine rings is 1. The van der Waals surface area contributed by atoms with Gasteiger partial charge in [-0.05, 0) is 18.2 Å². The number of hydrogen-bond acceptors (Lipinski definition) is 4. The minimum atomic E-state index is -3.68. The fourth-order valence-corrected chi connectivity index (χ4v) is 4.44. The van der Waals surface area contributed by atoms with Gasteiger partial charge in [-0.1, -0.05) is 60.7 Å². The molecule has 0 aromatic heterocycles. The number of carbonyl (C=O) groups excluding carboxylic acids is 1. The third-order valence-corrected chi connectivity index (χ3v) is 6.00. The molecule has 1 aliphatic heterocycles. The lowest BCUT2D eigenvalue weighted by molar-refractivity contribution is -0.134. The maximum atomic E-state index is 13.1. The van der Waals surface area contributed by atoms with Gasteiger partial charge in [-0.2, -0.15) is 4.72 Å². The lowest BCUT2D eigenvalue weighted by Crippen LogP contribution is -2.51. The van der Waals surface area contributed by atoms with Gasteiger partial charge in [0.2, 0.25) is 15.9 Å². The minimum Gasteiger partial charge on any atom is -0.338 e. The third kappa shape index (κ3) is 5.38. The van der Waals surface area contributed by atoms with Crippen molar-refractivity contribution in [1.82, 2.24) is 14.5 Å². The Hall–Kier alpha value is -2.22. The Morgan fingerprint density at radius 1 is 0.963 bits per heavy atom. The summed E-state index contributed by atoms with van der Waals surface area (Å²) in [6.07, 6.45) is 0. The largest absolute Gasteiger partial charge is 0.338 e. The molecule has 0 unspecified atom stereocenters. The van der Waals surface area contributed by atoms with Gasteiger partial charge in [-0.25, -0.2) is 8.42 Å². The fourth-order valence-electron chi connectivity index (χ4n) is 3.13. The van der Waals surface area contributed by atoms with E-state index >= 15 is 0 Å². The first-order valence-corrected chi connectivity index (χ1v) is 10.7. The number of benzene rings is 2. The van der Waals surface area contributed by atoms with Crippen LogP contribution in [-0.2, 0) is 20.6 Å². The second-order valence-electron chi connectivity index (χ2n) is 6.83. The number of sulfonamides is 1. The molecule has 2 aromatic rings. The molecule has 1 heterocycles. The molecule has 27 heavy (non-hydrogen) atoms. The molecule has 3 rings (SSSR count). The maximum Gasteiger partial charge on any atom is 0.245 e. The standard InChI is InChI=1S/C20H25N3O3S/c1-22-12-14-23(15-13-22)20(24)19(18-10-6-3-7-11-18)21-27(25,26)16-17-8-4-2-5-9-17/h2-11,19,21H,12-16H2,1H3/t19-/m0/s1. The minimum absolute atomic E-state index is 0.160. The van der Waals surface area contributed by atoms with Gasteiger partial charge >= 0.3 is 0 Å². The van der Waals surface area contributed by atoms with Crippen molar-refractivity contribution in [2.24, 2.45) is 0 Å². The molecule has 6 nitrogen and oxygen atoms in total. The fraction of sp³-hybridized carbons (Fsp3) is 0.350. The predicted octanol–water partition coefficient (Wildman–Crippen LogP) is 1.62. The van der Waals surface area contributed by atoms with E-state index in [1.807, 2.05) is 31.3 Å². The maximum absolute atomic E-state index is 13.1. The highest BCUT2D eigenvalue weighted by atomic mass is 32.2. The van der Waals surface area contributed by atoms with Crippen LogP contribution < -0.4 is 4.72 Å². The van der Waals surface area contributed by atoms with E-state index in [0.29, 0.717) is 24.2 Å². The van der Waals surface area contributed by atoms with E-state index in [-0.39, 0.29) is 11.7 Å². The second kappa shape index (κ2) is 8.65. The number of carbonyl (C=O) groups is 1. The molecule has 1 fully saturated rings. The molecule has 1 N–H and O–H groups in total. The zero-order valence-corrected chi connectivity index (χ0v) is 16.2. The van der Waals surface area contributed by atoms with E-state index in [9.17, 15) is 13.2 Å². The van der Waals surface area contributed by atoms with Crippen LogP contribution in [0.2, 0.25) is 0 Å². The molecule has 0 bridgehead atoms. The molecular formula is C20H25N3O3S. The van der Waals surface area contributed by atoms with Crippen LogP contribution in [0.4, 0.5) is 0 Å². The van der Waals surface area contributed by atoms with Gasteiger partial charge in [-0.15, -0.1) is 0 Å². The summed E-state index contributed by atoms with van der Waals surface area (Å²) in [5, 5.41) is 0. The average molecular weight is 388 g/mol. The summed E-state index contributed by atoms with van der Waals surface area (Å²) in [5.41, 5.74) is 1.34. The number of likely N-dealkylation sites (N-methyl/N-ethyl adjacent to an activating group) is 1. The van der Waals surface area contributed by atoms with Crippen molar-refractivity contribution in [3.05, 3.63) is 71.8 Å². The van der Waals surface area contributed by atoms with Crippen LogP contribution in [0.5, 0.6) is 0 Å². The van der Waals surface area contributed by atoms with E-state index in [1.54, 1.807) is 41.3 Å². The Bertz CT molecular complexity index is 849. The first-order chi connectivity index (χ1) is 12.9. The molecule has 0 aliphatic carbocycles. The van der Waals surface area contributed by atoms with Gasteiger partial charge in [0, 0.05) is 26.2 Å². The van der Waals surface area contributed by atoms with Gasteiger partial charge in [0.05, 0.1) is 5.75 Å². The van der Waals surface area contributed by atoms with E-state index in [0.717, 1.165) is 13.1 Å². The summed E-state index contributed by atoms with van der Waals surface area (Å²) in [6.45, 7) is 2.76. The Kier molecular flexibility index (Phi) is 6.26. The third-order valence-electron chi connectivity index (χ3n) is 4.69. The van der Waals surface area contributed by atoms with Crippen molar-refractivity contribution in [2.45, 2.75) is 11.8 Å². The molecule has 1 saturated heterocycles. The zero-order valence-electron chi connectivity index (χ0n) is 15.4. The van der Waals surface area contributed by atoms with Crippen LogP contribution in [0.15, 0.2) is 60.7 Å². The van der Waals surface area contributed by atoms with Crippen molar-refractivity contribution < 1.29 is 13.2 Å². The highest BCUT2D eigenvalue weighted by Gasteiger charge is 2.31. The topological polar surface area (TPSA) is 69.7 Å². The Morgan fingerprint density at radius 3 is 2.11 bits per heavy atom. The van der Waals surface area contributed by atoms with Gasteiger partial charge in [0.1, 0.15) is 6.04 Å². The van der Waals surface area contributed by atoms with Gasteiger partial charge < -0.3 is 9.80 Å². The lowest BCUT2D eigenvalue weighted by atomic mass is 10.1. The quantitative estimate of drug-likeness (QED) is 0.818. The molecule has 1 amide bonds. The SMILES string of the molecule is CN1CCN(C(=O)[C@@H](NS(=O)(=O)Cc2ccccc2)c2ccccc2)CC1. The van der Waals surface area contributed by atoms with Crippen LogP contribution in [0.1, 0.15) is 17.2 Å². The Balaban J connectivity index is 1.81. The zero-order chi connectivity index (χ0) is 19.3. The van der Waals surface area contributed by atoms with E-state index in [4.69, 9.17) is 0 Å². The van der Waals surface area contributed by atoms with Crippen LogP contribution in [0, 0.1) is 0 Å². The van der Waals surface area contributed by atoms with Crippen molar-refractivity contribution in [3.8, 4) is 0 Å². The summed E-state index contributed by atoms with van der Waals surface area (Å²) in [5.74, 6) is -0.362. The molecule has 7 heteroatoms. The number of rotatable bonds is 6. The summed E-state index contributed by atoms with van der Waals surface area (Å²) in [7, 11) is -1.67. The van der Waals surface area contributed by atoms with Crippen molar-refractivity contribution in [3.63, 3.8) is 0 Å². The highest BCUT2D eigenvalue weighted by molar-refractivity contribution is 7.88. The van der Waals surface area contributed by atoms with Crippen molar-refractivity contribution in [2.75, 3.05) is 33.2 Å². The van der Waals surface area contributed by atoms with E-state index in [1.165, 1.54) is 0 Å². The second-order valence-corrected chi connectivity index (χ2v) is 8.59. The molecular weight excluding hydrogens is 362 g/mol. The highest BCUT2D eigenvalue weighted by Crippen LogP contribution is 2.19. The summed E-state index contributed by atoms with van der Waals surface area (Å²) in [6, 6.07) is 17.1. The van der Waals surface area contributed by atoms with Crippen LogP contribution in [0.3, 0.4) is 0 Å². The molecule has 144 valence electrons. The summed E-state index contributed by atoms with van der Waals surface area (Å²) in [4.78, 5) is 17.0. The van der Waals surface area contributed by atoms with Gasteiger partial charge in [0.25, 0.3) is 0 Å². The molecule has 0 saturated carbocycles. The number of nitrogens with one attached hydrogen (secondary N) is 1. The first kappa shape index (κ1) is 19.5. The molecule has 1 aliphatic rings. The Labute approximate surface area is 160 Å². The number of hydrogen-bond donors (Lipinski definition) is 1. The Morgan fingerprint density at radius 2 is 1.52 bits per heavy atom. The van der Waals surface area contributed by atoms with E-state index in [2.05, 4.69) is 9.62 Å². The van der Waals surface area contributed by atoms with Crippen molar-refractivity contribution >= 4 is 15.9 Å². The predicted molar refractivity (Wildman–Crippen MR) is 105 cm³/mol. The van der Waals surface area contributed by atoms with Crippen LogP contribution in [-0.4, -0.2) is 57.4 Å². The van der Waals surface area contributed by atoms with Crippen LogP contribution >= 0.6 is 0 Å². The van der Waals surface area contributed by atoms with Crippen LogP contribution in [0.25, 0.3) is 0 Å². The molecule has 2 aromatic carbocycles. The smallest absolute Gasteiger partial charge is 0.245 e. The molecule has 0 spiro atoms. The summed E-state index contributed by atoms with van der Waals surface area (Å²) < 4.78 is 28.1. The van der Waals surface area contributed by atoms with E-state index < -0.39 is 16.1 Å². The number of amides is 1. The number of nitrogens with zero attached hydrogens (tertiary/aromatic N) is 2. The molecule has 0 radical (unpaired) electrons. The van der Waals surface area contributed by atoms with Crippen molar-refractivity contribution in [1.29, 1.82) is 0 Å². The van der Waals surface area contributed by atoms with Gasteiger partial charge in [0.15, 0.2) is 0 Å². The monoisotopic (exact) mass is 387 g/mol. The normalized spacial score (nSPS) is 16.9. The first-order valence-electron chi connectivity index (χ1n) is 9.01. The summed E-state index contributed by atoms with van der Waals surface area (Å²) >= 11 is 0. The lowest BCUT2D eigenvalue weighted by Gasteiger charge is -2.34. The average Bonchev–Trinajstić information content (AvgIpc) is 2.67. The van der Waals surface area contributed by atoms with Gasteiger partial charge in [-0.3, -0.25) is 4.79 Å². The molecule has 1 atom stereocenters.